The first-order chi connectivity index (χ1) is 10.7. The Labute approximate surface area is 136 Å². The molecule has 0 aromatic carbocycles. The molecule has 2 heterocycles. The van der Waals surface area contributed by atoms with E-state index in [0.717, 1.165) is 0 Å². The van der Waals surface area contributed by atoms with Crippen molar-refractivity contribution >= 4 is 17.8 Å². The number of piperidine rings is 1. The van der Waals surface area contributed by atoms with E-state index in [1.165, 1.54) is 7.11 Å². The van der Waals surface area contributed by atoms with Gasteiger partial charge in [0.25, 0.3) is 5.91 Å². The van der Waals surface area contributed by atoms with Crippen molar-refractivity contribution < 1.29 is 23.9 Å². The van der Waals surface area contributed by atoms with Gasteiger partial charge in [0.1, 0.15) is 0 Å². The molecule has 2 saturated heterocycles. The van der Waals surface area contributed by atoms with Crippen LogP contribution in [-0.2, 0) is 23.9 Å². The van der Waals surface area contributed by atoms with E-state index in [-0.39, 0.29) is 23.8 Å². The highest BCUT2D eigenvalue weighted by molar-refractivity contribution is 5.96. The lowest BCUT2D eigenvalue weighted by Crippen LogP contribution is -2.56. The molecule has 3 rings (SSSR count). The molecule has 1 aliphatic carbocycles. The van der Waals surface area contributed by atoms with Gasteiger partial charge < -0.3 is 14.4 Å². The summed E-state index contributed by atoms with van der Waals surface area (Å²) in [4.78, 5) is 38.8. The first-order valence-corrected chi connectivity index (χ1v) is 8.30. The van der Waals surface area contributed by atoms with E-state index < -0.39 is 16.4 Å². The van der Waals surface area contributed by atoms with Gasteiger partial charge in [-0.1, -0.05) is 13.8 Å². The van der Waals surface area contributed by atoms with E-state index in [1.54, 1.807) is 4.90 Å². The normalized spacial score (nSPS) is 36.0. The molecule has 1 saturated carbocycles. The van der Waals surface area contributed by atoms with Gasteiger partial charge in [-0.25, -0.2) is 0 Å². The van der Waals surface area contributed by atoms with Gasteiger partial charge in [0, 0.05) is 18.5 Å². The maximum Gasteiger partial charge on any atom is 0.313 e. The number of likely N-dealkylation sites (tertiary alicyclic amines) is 1. The van der Waals surface area contributed by atoms with E-state index in [2.05, 4.69) is 0 Å². The van der Waals surface area contributed by atoms with Crippen molar-refractivity contribution in [1.82, 2.24) is 4.90 Å². The molecule has 0 radical (unpaired) electrons. The second-order valence-electron chi connectivity index (χ2n) is 7.76. The zero-order valence-corrected chi connectivity index (χ0v) is 14.3. The molecule has 128 valence electrons. The van der Waals surface area contributed by atoms with E-state index in [1.807, 2.05) is 20.8 Å². The third-order valence-electron chi connectivity index (χ3n) is 6.75. The Balaban J connectivity index is 1.77. The fraction of sp³-hybridized carbons (Fsp3) is 0.824. The minimum absolute atomic E-state index is 0.0969. The standard InChI is InChI=1S/C17H25NO5/c1-15(2)16(3)7-8-17(15,23-14(16)21)13(20)18-9-5-11(6-10-18)12(19)22-4/h11H,5-10H2,1-4H3/t16-,17+/m1/s1. The maximum absolute atomic E-state index is 13.2. The van der Waals surface area contributed by atoms with Crippen LogP contribution in [0.1, 0.15) is 46.5 Å². The highest BCUT2D eigenvalue weighted by Gasteiger charge is 2.76. The van der Waals surface area contributed by atoms with Crippen LogP contribution < -0.4 is 0 Å². The van der Waals surface area contributed by atoms with Crippen LogP contribution in [0, 0.1) is 16.7 Å². The van der Waals surface area contributed by atoms with Crippen molar-refractivity contribution in [3.8, 4) is 0 Å². The summed E-state index contributed by atoms with van der Waals surface area (Å²) >= 11 is 0. The first kappa shape index (κ1) is 16.3. The number of esters is 2. The summed E-state index contributed by atoms with van der Waals surface area (Å²) in [6, 6.07) is 0. The predicted molar refractivity (Wildman–Crippen MR) is 81.3 cm³/mol. The maximum atomic E-state index is 13.2. The van der Waals surface area contributed by atoms with Crippen LogP contribution >= 0.6 is 0 Å². The van der Waals surface area contributed by atoms with Gasteiger partial charge in [0.05, 0.1) is 18.4 Å². The summed E-state index contributed by atoms with van der Waals surface area (Å²) in [5.41, 5.74) is -2.16. The molecule has 0 spiro atoms. The highest BCUT2D eigenvalue weighted by atomic mass is 16.6. The van der Waals surface area contributed by atoms with Crippen molar-refractivity contribution in [1.29, 1.82) is 0 Å². The van der Waals surface area contributed by atoms with Crippen LogP contribution in [0.15, 0.2) is 0 Å². The van der Waals surface area contributed by atoms with Gasteiger partial charge >= 0.3 is 11.9 Å². The SMILES string of the molecule is COC(=O)C1CCN(C(=O)[C@]23CC[C@](C)(C(=O)O2)C3(C)C)CC1. The topological polar surface area (TPSA) is 72.9 Å². The van der Waals surface area contributed by atoms with Gasteiger partial charge in [0.2, 0.25) is 0 Å². The Bertz CT molecular complexity index is 563. The van der Waals surface area contributed by atoms with Gasteiger partial charge in [0.15, 0.2) is 5.60 Å². The predicted octanol–water partition coefficient (Wildman–Crippen LogP) is 1.52. The molecule has 2 atom stereocenters. The Hall–Kier alpha value is -1.59. The fourth-order valence-corrected chi connectivity index (χ4v) is 4.46. The number of hydrogen-bond acceptors (Lipinski definition) is 5. The first-order valence-electron chi connectivity index (χ1n) is 8.30. The molecule has 6 heteroatoms. The molecule has 3 fully saturated rings. The monoisotopic (exact) mass is 323 g/mol. The van der Waals surface area contributed by atoms with Crippen molar-refractivity contribution in [3.05, 3.63) is 0 Å². The average molecular weight is 323 g/mol. The number of nitrogens with zero attached hydrogens (tertiary/aromatic N) is 1. The van der Waals surface area contributed by atoms with Gasteiger partial charge in [-0.15, -0.1) is 0 Å². The average Bonchev–Trinajstić information content (AvgIpc) is 2.84. The molecule has 3 aliphatic rings. The molecular formula is C17H25NO5. The van der Waals surface area contributed by atoms with Gasteiger partial charge in [-0.3, -0.25) is 14.4 Å². The lowest BCUT2D eigenvalue weighted by atomic mass is 9.66. The molecule has 0 N–H and O–H groups in total. The quantitative estimate of drug-likeness (QED) is 0.720. The van der Waals surface area contributed by atoms with E-state index in [9.17, 15) is 14.4 Å². The van der Waals surface area contributed by atoms with Crippen molar-refractivity contribution in [2.45, 2.75) is 52.1 Å². The van der Waals surface area contributed by atoms with Gasteiger partial charge in [-0.2, -0.15) is 0 Å². The number of carbonyl (C=O) groups is 3. The largest absolute Gasteiger partial charge is 0.469 e. The molecule has 2 bridgehead atoms. The van der Waals surface area contributed by atoms with Crippen LogP contribution in [0.25, 0.3) is 0 Å². The highest BCUT2D eigenvalue weighted by Crippen LogP contribution is 2.66. The Morgan fingerprint density at radius 3 is 2.22 bits per heavy atom. The Morgan fingerprint density at radius 2 is 1.78 bits per heavy atom. The number of ether oxygens (including phenoxy) is 2. The van der Waals surface area contributed by atoms with Crippen molar-refractivity contribution in [2.24, 2.45) is 16.7 Å². The summed E-state index contributed by atoms with van der Waals surface area (Å²) in [6.07, 6.45) is 2.46. The number of hydrogen-bond donors (Lipinski definition) is 0. The lowest BCUT2D eigenvalue weighted by molar-refractivity contribution is -0.175. The van der Waals surface area contributed by atoms with Crippen molar-refractivity contribution in [2.75, 3.05) is 20.2 Å². The van der Waals surface area contributed by atoms with Crippen LogP contribution in [0.2, 0.25) is 0 Å². The molecule has 23 heavy (non-hydrogen) atoms. The zero-order chi connectivity index (χ0) is 17.0. The molecular weight excluding hydrogens is 298 g/mol. The minimum atomic E-state index is -1.04. The van der Waals surface area contributed by atoms with Crippen molar-refractivity contribution in [3.63, 3.8) is 0 Å². The number of methoxy groups -OCH3 is 1. The summed E-state index contributed by atoms with van der Waals surface area (Å²) in [6.45, 7) is 6.84. The number of fused-ring (bicyclic) bond motifs is 2. The van der Waals surface area contributed by atoms with Crippen LogP contribution in [0.4, 0.5) is 0 Å². The molecule has 2 aliphatic heterocycles. The van der Waals surface area contributed by atoms with Crippen LogP contribution in [0.5, 0.6) is 0 Å². The van der Waals surface area contributed by atoms with E-state index >= 15 is 0 Å². The third-order valence-corrected chi connectivity index (χ3v) is 6.75. The molecule has 0 unspecified atom stereocenters. The molecule has 0 aromatic heterocycles. The number of rotatable bonds is 2. The van der Waals surface area contributed by atoms with Crippen LogP contribution in [-0.4, -0.2) is 48.5 Å². The number of carbonyl (C=O) groups excluding carboxylic acids is 3. The molecule has 0 aromatic rings. The Morgan fingerprint density at radius 1 is 1.17 bits per heavy atom. The van der Waals surface area contributed by atoms with E-state index in [4.69, 9.17) is 9.47 Å². The van der Waals surface area contributed by atoms with E-state index in [0.29, 0.717) is 38.8 Å². The van der Waals surface area contributed by atoms with Crippen LogP contribution in [0.3, 0.4) is 0 Å². The summed E-state index contributed by atoms with van der Waals surface area (Å²) < 4.78 is 10.4. The summed E-state index contributed by atoms with van der Waals surface area (Å²) in [5, 5.41) is 0. The second-order valence-corrected chi connectivity index (χ2v) is 7.76. The minimum Gasteiger partial charge on any atom is -0.469 e. The smallest absolute Gasteiger partial charge is 0.313 e. The zero-order valence-electron chi connectivity index (χ0n) is 14.3. The third kappa shape index (κ3) is 1.90. The summed E-state index contributed by atoms with van der Waals surface area (Å²) in [7, 11) is 1.39. The lowest BCUT2D eigenvalue weighted by Gasteiger charge is -2.41. The summed E-state index contributed by atoms with van der Waals surface area (Å²) in [5.74, 6) is -0.710. The molecule has 6 nitrogen and oxygen atoms in total. The van der Waals surface area contributed by atoms with Gasteiger partial charge in [-0.05, 0) is 32.6 Å². The molecule has 1 amide bonds. The second kappa shape index (κ2) is 4.95. The fourth-order valence-electron chi connectivity index (χ4n) is 4.46. The number of amides is 1. The Kier molecular flexibility index (Phi) is 3.50.